The van der Waals surface area contributed by atoms with Gasteiger partial charge in [-0.05, 0) is 66.6 Å². The quantitative estimate of drug-likeness (QED) is 0.411. The molecule has 5 nitrogen and oxygen atoms in total. The normalized spacial score (nSPS) is 22.4. The van der Waals surface area contributed by atoms with Crippen molar-refractivity contribution in [2.45, 2.75) is 52.6 Å². The highest BCUT2D eigenvalue weighted by molar-refractivity contribution is 6.09. The minimum Gasteiger partial charge on any atom is -0.449 e. The van der Waals surface area contributed by atoms with Crippen molar-refractivity contribution in [3.63, 3.8) is 0 Å². The van der Waals surface area contributed by atoms with Gasteiger partial charge in [0.1, 0.15) is 0 Å². The van der Waals surface area contributed by atoms with E-state index in [2.05, 4.69) is 31.3 Å². The van der Waals surface area contributed by atoms with Crippen LogP contribution < -0.4 is 15.0 Å². The first-order valence-corrected chi connectivity index (χ1v) is 13.2. The number of benzene rings is 3. The van der Waals surface area contributed by atoms with Gasteiger partial charge in [0.2, 0.25) is 0 Å². The number of aryl methyl sites for hydroxylation is 1. The van der Waals surface area contributed by atoms with Crippen LogP contribution in [0.25, 0.3) is 6.08 Å². The number of nitrogens with one attached hydrogen (secondary N) is 1. The summed E-state index contributed by atoms with van der Waals surface area (Å²) in [6.45, 7) is 6.99. The summed E-state index contributed by atoms with van der Waals surface area (Å²) in [6, 6.07) is 23.3. The van der Waals surface area contributed by atoms with Crippen LogP contribution in [0.2, 0.25) is 0 Å². The highest BCUT2D eigenvalue weighted by Crippen LogP contribution is 2.36. The number of fused-ring (bicyclic) bond motifs is 1. The topological polar surface area (TPSA) is 58.6 Å². The van der Waals surface area contributed by atoms with Crippen molar-refractivity contribution in [1.82, 2.24) is 5.32 Å². The number of hydrogen-bond acceptors (Lipinski definition) is 3. The molecule has 0 bridgehead atoms. The van der Waals surface area contributed by atoms with Crippen LogP contribution >= 0.6 is 0 Å². The van der Waals surface area contributed by atoms with Crippen LogP contribution in [0.15, 0.2) is 78.6 Å². The number of anilines is 1. The van der Waals surface area contributed by atoms with Crippen LogP contribution in [0.5, 0.6) is 5.75 Å². The van der Waals surface area contributed by atoms with Crippen molar-refractivity contribution in [3.05, 3.63) is 101 Å². The fraction of sp³-hybridized carbons (Fsp3) is 0.312. The van der Waals surface area contributed by atoms with Crippen molar-refractivity contribution >= 4 is 23.6 Å². The van der Waals surface area contributed by atoms with E-state index in [4.69, 9.17) is 4.74 Å². The van der Waals surface area contributed by atoms with Crippen molar-refractivity contribution < 1.29 is 14.3 Å². The Hall–Kier alpha value is -3.86. The molecule has 0 spiro atoms. The molecule has 5 rings (SSSR count). The molecule has 3 unspecified atom stereocenters. The molecular weight excluding hydrogens is 460 g/mol. The maximum Gasteiger partial charge on any atom is 0.294 e. The van der Waals surface area contributed by atoms with Gasteiger partial charge in [0.15, 0.2) is 11.5 Å². The van der Waals surface area contributed by atoms with Gasteiger partial charge in [0, 0.05) is 11.6 Å². The Morgan fingerprint density at radius 3 is 2.49 bits per heavy atom. The summed E-state index contributed by atoms with van der Waals surface area (Å²) in [7, 11) is 0. The highest BCUT2D eigenvalue weighted by Gasteiger charge is 2.31. The van der Waals surface area contributed by atoms with E-state index in [1.54, 1.807) is 11.0 Å². The maximum atomic E-state index is 13.5. The van der Waals surface area contributed by atoms with Crippen molar-refractivity contribution in [1.29, 1.82) is 0 Å². The zero-order valence-corrected chi connectivity index (χ0v) is 21.7. The molecule has 1 aliphatic carbocycles. The smallest absolute Gasteiger partial charge is 0.294 e. The van der Waals surface area contributed by atoms with Gasteiger partial charge in [-0.25, -0.2) is 0 Å². The van der Waals surface area contributed by atoms with Gasteiger partial charge >= 0.3 is 0 Å². The number of para-hydroxylation sites is 2. The molecule has 3 aromatic carbocycles. The first kappa shape index (κ1) is 24.8. The first-order chi connectivity index (χ1) is 17.9. The number of rotatable bonds is 5. The Balaban J connectivity index is 1.34. The van der Waals surface area contributed by atoms with E-state index < -0.39 is 0 Å². The van der Waals surface area contributed by atoms with Gasteiger partial charge in [0.25, 0.3) is 11.8 Å². The van der Waals surface area contributed by atoms with Crippen LogP contribution in [-0.2, 0) is 11.3 Å². The van der Waals surface area contributed by atoms with Crippen molar-refractivity contribution in [2.24, 2.45) is 11.8 Å². The van der Waals surface area contributed by atoms with E-state index >= 15 is 0 Å². The van der Waals surface area contributed by atoms with Gasteiger partial charge < -0.3 is 10.1 Å². The zero-order valence-electron chi connectivity index (χ0n) is 21.7. The largest absolute Gasteiger partial charge is 0.449 e. The Labute approximate surface area is 219 Å². The molecule has 1 N–H and O–H groups in total. The van der Waals surface area contributed by atoms with Gasteiger partial charge in [-0.15, -0.1) is 0 Å². The molecular formula is C32H34N2O3. The lowest BCUT2D eigenvalue weighted by Crippen LogP contribution is -2.43. The maximum absolute atomic E-state index is 13.5. The number of carbonyl (C=O) groups is 2. The second-order valence-electron chi connectivity index (χ2n) is 10.4. The summed E-state index contributed by atoms with van der Waals surface area (Å²) in [4.78, 5) is 28.1. The van der Waals surface area contributed by atoms with Crippen LogP contribution in [-0.4, -0.2) is 17.9 Å². The third-order valence-electron chi connectivity index (χ3n) is 7.79. The summed E-state index contributed by atoms with van der Waals surface area (Å²) in [5, 5.41) is 3.23. The van der Waals surface area contributed by atoms with Crippen LogP contribution in [0.1, 0.15) is 60.2 Å². The monoisotopic (exact) mass is 494 g/mol. The lowest BCUT2D eigenvalue weighted by molar-refractivity contribution is -0.117. The first-order valence-electron chi connectivity index (χ1n) is 13.2. The second-order valence-corrected chi connectivity index (χ2v) is 10.4. The van der Waals surface area contributed by atoms with E-state index in [0.29, 0.717) is 29.7 Å². The molecule has 1 saturated carbocycles. The molecule has 2 amide bonds. The van der Waals surface area contributed by atoms with Gasteiger partial charge in [0.05, 0.1) is 12.2 Å². The van der Waals surface area contributed by atoms with Gasteiger partial charge in [-0.3, -0.25) is 14.5 Å². The predicted molar refractivity (Wildman–Crippen MR) is 147 cm³/mol. The molecule has 3 atom stereocenters. The van der Waals surface area contributed by atoms with Crippen LogP contribution in [0.4, 0.5) is 5.69 Å². The summed E-state index contributed by atoms with van der Waals surface area (Å²) >= 11 is 0. The SMILES string of the molecule is Cc1ccc(CN2C(=O)/C(=C\c3ccc(C(=O)NC4CCCC(C)C4C)cc3)Oc3ccccc32)cc1. The minimum atomic E-state index is -0.193. The summed E-state index contributed by atoms with van der Waals surface area (Å²) in [5.41, 5.74) is 4.40. The molecule has 37 heavy (non-hydrogen) atoms. The molecule has 0 aromatic heterocycles. The standard InChI is InChI=1S/C32H34N2O3/c1-21-11-13-25(14-12-21)20-34-28-9-4-5-10-29(28)37-30(32(34)36)19-24-15-17-26(18-16-24)31(35)33-27-8-6-7-22(2)23(27)3/h4-5,9-19,22-23,27H,6-8,20H2,1-3H3,(H,33,35)/b30-19+. The number of hydrogen-bond donors (Lipinski definition) is 1. The molecule has 0 saturated heterocycles. The summed E-state index contributed by atoms with van der Waals surface area (Å²) in [5.74, 6) is 1.76. The van der Waals surface area contributed by atoms with E-state index in [-0.39, 0.29) is 23.6 Å². The second kappa shape index (κ2) is 10.6. The number of nitrogens with zero attached hydrogens (tertiary/aromatic N) is 1. The molecule has 1 aliphatic heterocycles. The summed E-state index contributed by atoms with van der Waals surface area (Å²) < 4.78 is 6.03. The number of ether oxygens (including phenoxy) is 1. The lowest BCUT2D eigenvalue weighted by atomic mass is 9.78. The average molecular weight is 495 g/mol. The van der Waals surface area contributed by atoms with Crippen LogP contribution in [0.3, 0.4) is 0 Å². The lowest BCUT2D eigenvalue weighted by Gasteiger charge is -2.34. The fourth-order valence-electron chi connectivity index (χ4n) is 5.21. The Morgan fingerprint density at radius 2 is 1.73 bits per heavy atom. The number of amides is 2. The zero-order chi connectivity index (χ0) is 25.9. The minimum absolute atomic E-state index is 0.0478. The van der Waals surface area contributed by atoms with Crippen molar-refractivity contribution in [2.75, 3.05) is 4.90 Å². The third kappa shape index (κ3) is 5.46. The average Bonchev–Trinajstić information content (AvgIpc) is 2.90. The number of carbonyl (C=O) groups excluding carboxylic acids is 2. The van der Waals surface area contributed by atoms with Crippen molar-refractivity contribution in [3.8, 4) is 5.75 Å². The van der Waals surface area contributed by atoms with E-state index in [0.717, 1.165) is 29.7 Å². The van der Waals surface area contributed by atoms with E-state index in [1.807, 2.05) is 67.6 Å². The molecule has 5 heteroatoms. The van der Waals surface area contributed by atoms with Crippen LogP contribution in [0, 0.1) is 18.8 Å². The molecule has 1 heterocycles. The Bertz CT molecular complexity index is 1310. The molecule has 2 aliphatic rings. The Kier molecular flexibility index (Phi) is 7.13. The van der Waals surface area contributed by atoms with E-state index in [1.165, 1.54) is 12.0 Å². The molecule has 1 fully saturated rings. The van der Waals surface area contributed by atoms with Gasteiger partial charge in [-0.1, -0.05) is 80.8 Å². The third-order valence-corrected chi connectivity index (χ3v) is 7.79. The summed E-state index contributed by atoms with van der Waals surface area (Å²) in [6.07, 6.45) is 5.15. The molecule has 0 radical (unpaired) electrons. The fourth-order valence-corrected chi connectivity index (χ4v) is 5.21. The van der Waals surface area contributed by atoms with E-state index in [9.17, 15) is 9.59 Å². The predicted octanol–water partition coefficient (Wildman–Crippen LogP) is 6.52. The Morgan fingerprint density at radius 1 is 1.00 bits per heavy atom. The highest BCUT2D eigenvalue weighted by atomic mass is 16.5. The molecule has 3 aromatic rings. The van der Waals surface area contributed by atoms with Gasteiger partial charge in [-0.2, -0.15) is 0 Å². The molecule has 190 valence electrons.